The predicted octanol–water partition coefficient (Wildman–Crippen LogP) is 4.43. The monoisotopic (exact) mass is 346 g/mol. The number of carbonyl (C=O) groups is 1. The van der Waals surface area contributed by atoms with Gasteiger partial charge in [0.05, 0.1) is 21.3 Å². The van der Waals surface area contributed by atoms with Gasteiger partial charge in [-0.1, -0.05) is 35.3 Å². The number of nitrogens with two attached hydrogens (primary N) is 1. The maximum Gasteiger partial charge on any atom is 0.387 e. The molecule has 0 spiro atoms. The summed E-state index contributed by atoms with van der Waals surface area (Å²) in [5.41, 5.74) is 6.00. The van der Waals surface area contributed by atoms with Crippen molar-refractivity contribution in [3.8, 4) is 5.75 Å². The summed E-state index contributed by atoms with van der Waals surface area (Å²) in [4.78, 5) is 12.2. The van der Waals surface area contributed by atoms with Crippen LogP contribution in [0.3, 0.4) is 0 Å². The Balaban J connectivity index is 2.26. The second-order valence-corrected chi connectivity index (χ2v) is 5.00. The van der Waals surface area contributed by atoms with Crippen LogP contribution in [0.5, 0.6) is 5.75 Å². The summed E-state index contributed by atoms with van der Waals surface area (Å²) >= 11 is 11.7. The van der Waals surface area contributed by atoms with Crippen LogP contribution in [0.2, 0.25) is 10.0 Å². The molecule has 8 heteroatoms. The first-order valence-electron chi connectivity index (χ1n) is 5.98. The van der Waals surface area contributed by atoms with Gasteiger partial charge in [-0.3, -0.25) is 4.79 Å². The van der Waals surface area contributed by atoms with Crippen LogP contribution in [0.25, 0.3) is 0 Å². The Bertz CT molecular complexity index is 688. The fourth-order valence-corrected chi connectivity index (χ4v) is 2.19. The van der Waals surface area contributed by atoms with Crippen molar-refractivity contribution in [1.82, 2.24) is 0 Å². The zero-order valence-electron chi connectivity index (χ0n) is 10.9. The highest BCUT2D eigenvalue weighted by Gasteiger charge is 2.16. The van der Waals surface area contributed by atoms with E-state index in [1.165, 1.54) is 36.4 Å². The first-order chi connectivity index (χ1) is 10.4. The molecule has 0 atom stereocenters. The van der Waals surface area contributed by atoms with Crippen molar-refractivity contribution in [2.75, 3.05) is 11.1 Å². The Kier molecular flexibility index (Phi) is 5.05. The molecular weight excluding hydrogens is 337 g/mol. The number of para-hydroxylation sites is 1. The van der Waals surface area contributed by atoms with E-state index in [2.05, 4.69) is 10.1 Å². The van der Waals surface area contributed by atoms with Crippen LogP contribution < -0.4 is 15.8 Å². The number of benzene rings is 2. The van der Waals surface area contributed by atoms with Crippen LogP contribution in [0, 0.1) is 0 Å². The Morgan fingerprint density at radius 1 is 1.18 bits per heavy atom. The Morgan fingerprint density at radius 3 is 2.36 bits per heavy atom. The average molecular weight is 347 g/mol. The molecule has 0 heterocycles. The fourth-order valence-electron chi connectivity index (χ4n) is 1.71. The molecule has 2 aromatic rings. The number of rotatable bonds is 4. The van der Waals surface area contributed by atoms with Crippen molar-refractivity contribution in [2.24, 2.45) is 0 Å². The number of carbonyl (C=O) groups excluding carboxylic acids is 1. The largest absolute Gasteiger partial charge is 0.434 e. The van der Waals surface area contributed by atoms with E-state index in [0.29, 0.717) is 0 Å². The number of nitrogen functional groups attached to an aromatic ring is 1. The van der Waals surface area contributed by atoms with Gasteiger partial charge in [-0.05, 0) is 24.3 Å². The lowest BCUT2D eigenvalue weighted by atomic mass is 10.2. The third-order valence-electron chi connectivity index (χ3n) is 2.68. The van der Waals surface area contributed by atoms with Gasteiger partial charge in [-0.2, -0.15) is 8.78 Å². The van der Waals surface area contributed by atoms with Crippen LogP contribution in [-0.2, 0) is 0 Å². The van der Waals surface area contributed by atoms with Crippen molar-refractivity contribution in [1.29, 1.82) is 0 Å². The summed E-state index contributed by atoms with van der Waals surface area (Å²) in [5.74, 6) is -0.879. The molecule has 0 aliphatic rings. The molecule has 0 bridgehead atoms. The molecule has 116 valence electrons. The molecule has 1 amide bonds. The number of hydrogen-bond donors (Lipinski definition) is 2. The number of alkyl halides is 2. The van der Waals surface area contributed by atoms with E-state index in [-0.39, 0.29) is 32.7 Å². The minimum absolute atomic E-state index is 0.0492. The topological polar surface area (TPSA) is 64.3 Å². The van der Waals surface area contributed by atoms with Crippen molar-refractivity contribution in [3.05, 3.63) is 52.0 Å². The van der Waals surface area contributed by atoms with E-state index in [1.807, 2.05) is 0 Å². The molecule has 0 fully saturated rings. The normalized spacial score (nSPS) is 10.6. The highest BCUT2D eigenvalue weighted by atomic mass is 35.5. The Morgan fingerprint density at radius 2 is 1.77 bits per heavy atom. The number of nitrogens with one attached hydrogen (secondary N) is 1. The molecule has 0 radical (unpaired) electrons. The number of anilines is 2. The highest BCUT2D eigenvalue weighted by molar-refractivity contribution is 6.39. The van der Waals surface area contributed by atoms with Crippen LogP contribution >= 0.6 is 23.2 Å². The van der Waals surface area contributed by atoms with Crippen LogP contribution in [0.15, 0.2) is 36.4 Å². The van der Waals surface area contributed by atoms with Gasteiger partial charge in [0.25, 0.3) is 5.91 Å². The molecule has 2 aromatic carbocycles. The lowest BCUT2D eigenvalue weighted by molar-refractivity contribution is -0.0501. The van der Waals surface area contributed by atoms with E-state index in [4.69, 9.17) is 28.9 Å². The molecular formula is C14H10Cl2F2N2O2. The molecule has 0 aliphatic carbocycles. The van der Waals surface area contributed by atoms with E-state index >= 15 is 0 Å². The van der Waals surface area contributed by atoms with Crippen LogP contribution in [0.1, 0.15) is 10.4 Å². The van der Waals surface area contributed by atoms with Crippen molar-refractivity contribution in [3.63, 3.8) is 0 Å². The third-order valence-corrected chi connectivity index (χ3v) is 3.31. The number of hydrogen-bond acceptors (Lipinski definition) is 3. The Labute approximate surface area is 134 Å². The number of ether oxygens (including phenoxy) is 1. The van der Waals surface area contributed by atoms with Gasteiger partial charge in [0.1, 0.15) is 5.75 Å². The molecule has 0 aromatic heterocycles. The SMILES string of the molecule is Nc1c(Cl)cc(NC(=O)c2ccccc2OC(F)F)cc1Cl. The van der Waals surface area contributed by atoms with Crippen molar-refractivity contribution < 1.29 is 18.3 Å². The Hall–Kier alpha value is -2.05. The first-order valence-corrected chi connectivity index (χ1v) is 6.74. The maximum atomic E-state index is 12.3. The summed E-state index contributed by atoms with van der Waals surface area (Å²) in [6, 6.07) is 8.42. The second kappa shape index (κ2) is 6.81. The van der Waals surface area contributed by atoms with Gasteiger partial charge >= 0.3 is 6.61 Å². The van der Waals surface area contributed by atoms with Gasteiger partial charge in [-0.25, -0.2) is 0 Å². The fraction of sp³-hybridized carbons (Fsp3) is 0.0714. The van der Waals surface area contributed by atoms with Gasteiger partial charge in [0, 0.05) is 5.69 Å². The summed E-state index contributed by atoms with van der Waals surface area (Å²) in [5, 5.41) is 2.83. The predicted molar refractivity (Wildman–Crippen MR) is 81.9 cm³/mol. The molecule has 0 unspecified atom stereocenters. The number of halogens is 4. The highest BCUT2D eigenvalue weighted by Crippen LogP contribution is 2.31. The minimum Gasteiger partial charge on any atom is -0.434 e. The third kappa shape index (κ3) is 3.78. The van der Waals surface area contributed by atoms with Gasteiger partial charge in [0.2, 0.25) is 0 Å². The van der Waals surface area contributed by atoms with E-state index in [1.54, 1.807) is 0 Å². The zero-order chi connectivity index (χ0) is 16.3. The average Bonchev–Trinajstić information content (AvgIpc) is 2.44. The maximum absolute atomic E-state index is 12.3. The summed E-state index contributed by atoms with van der Waals surface area (Å²) in [6.07, 6.45) is 0. The summed E-state index contributed by atoms with van der Waals surface area (Å²) in [6.45, 7) is -3.03. The number of amides is 1. The molecule has 4 nitrogen and oxygen atoms in total. The van der Waals surface area contributed by atoms with Gasteiger partial charge in [-0.15, -0.1) is 0 Å². The van der Waals surface area contributed by atoms with E-state index in [9.17, 15) is 13.6 Å². The molecule has 0 saturated carbocycles. The minimum atomic E-state index is -3.03. The molecule has 2 rings (SSSR count). The summed E-state index contributed by atoms with van der Waals surface area (Å²) in [7, 11) is 0. The second-order valence-electron chi connectivity index (χ2n) is 4.18. The summed E-state index contributed by atoms with van der Waals surface area (Å²) < 4.78 is 29.0. The lowest BCUT2D eigenvalue weighted by Crippen LogP contribution is -2.15. The lowest BCUT2D eigenvalue weighted by Gasteiger charge is -2.12. The van der Waals surface area contributed by atoms with Crippen LogP contribution in [-0.4, -0.2) is 12.5 Å². The van der Waals surface area contributed by atoms with Crippen molar-refractivity contribution >= 4 is 40.5 Å². The van der Waals surface area contributed by atoms with Gasteiger partial charge in [0.15, 0.2) is 0 Å². The molecule has 22 heavy (non-hydrogen) atoms. The van der Waals surface area contributed by atoms with Crippen LogP contribution in [0.4, 0.5) is 20.2 Å². The molecule has 0 aliphatic heterocycles. The smallest absolute Gasteiger partial charge is 0.387 e. The zero-order valence-corrected chi connectivity index (χ0v) is 12.5. The van der Waals surface area contributed by atoms with E-state index < -0.39 is 12.5 Å². The quantitative estimate of drug-likeness (QED) is 0.805. The molecule has 0 saturated heterocycles. The first kappa shape index (κ1) is 16.3. The van der Waals surface area contributed by atoms with Gasteiger partial charge < -0.3 is 15.8 Å². The van der Waals surface area contributed by atoms with E-state index in [0.717, 1.165) is 0 Å². The standard InChI is InChI=1S/C14H10Cl2F2N2O2/c15-9-5-7(6-10(16)12(9)19)20-13(21)8-3-1-2-4-11(8)22-14(17)18/h1-6,14H,19H2,(H,20,21). The van der Waals surface area contributed by atoms with Crippen molar-refractivity contribution in [2.45, 2.75) is 6.61 Å². The molecule has 3 N–H and O–H groups in total.